The Morgan fingerprint density at radius 2 is 2.20 bits per heavy atom. The van der Waals surface area contributed by atoms with Crippen LogP contribution in [0.25, 0.3) is 6.08 Å². The lowest BCUT2D eigenvalue weighted by Gasteiger charge is -2.09. The molecule has 20 heavy (non-hydrogen) atoms. The van der Waals surface area contributed by atoms with Crippen LogP contribution in [-0.4, -0.2) is 22.5 Å². The number of fused-ring (bicyclic) bond motifs is 1. The van der Waals surface area contributed by atoms with Crippen LogP contribution in [0, 0.1) is 0 Å². The number of allylic oxidation sites excluding steroid dienone is 2. The van der Waals surface area contributed by atoms with E-state index < -0.39 is 12.3 Å². The summed E-state index contributed by atoms with van der Waals surface area (Å²) in [7, 11) is 0. The van der Waals surface area contributed by atoms with Crippen LogP contribution >= 0.6 is 0 Å². The molecule has 4 nitrogen and oxygen atoms in total. The fourth-order valence-electron chi connectivity index (χ4n) is 2.18. The van der Waals surface area contributed by atoms with Gasteiger partial charge in [0.15, 0.2) is 0 Å². The summed E-state index contributed by atoms with van der Waals surface area (Å²) in [5.41, 5.74) is 3.89. The van der Waals surface area contributed by atoms with Gasteiger partial charge < -0.3 is 14.9 Å². The van der Waals surface area contributed by atoms with Gasteiger partial charge in [0.25, 0.3) is 0 Å². The SMILES string of the molecule is CC(C)=CCc1cc(/C=C/C(=O)O)cc2c1OC(O)C2. The highest BCUT2D eigenvalue weighted by Gasteiger charge is 2.23. The third-order valence-electron chi connectivity index (χ3n) is 3.06. The van der Waals surface area contributed by atoms with Crippen molar-refractivity contribution in [2.75, 3.05) is 0 Å². The van der Waals surface area contributed by atoms with Crippen molar-refractivity contribution in [3.8, 4) is 5.75 Å². The largest absolute Gasteiger partial charge is 0.478 e. The maximum Gasteiger partial charge on any atom is 0.328 e. The van der Waals surface area contributed by atoms with Crippen molar-refractivity contribution in [1.82, 2.24) is 0 Å². The number of carbonyl (C=O) groups is 1. The van der Waals surface area contributed by atoms with E-state index in [4.69, 9.17) is 9.84 Å². The first kappa shape index (κ1) is 14.3. The molecule has 2 N–H and O–H groups in total. The van der Waals surface area contributed by atoms with E-state index in [1.54, 1.807) is 6.08 Å². The number of aliphatic hydroxyl groups excluding tert-OH is 1. The van der Waals surface area contributed by atoms with Gasteiger partial charge in [0.05, 0.1) is 0 Å². The number of ether oxygens (including phenoxy) is 1. The van der Waals surface area contributed by atoms with Gasteiger partial charge in [-0.25, -0.2) is 4.79 Å². The molecule has 1 unspecified atom stereocenters. The smallest absolute Gasteiger partial charge is 0.328 e. The predicted octanol–water partition coefficient (Wildman–Crippen LogP) is 2.55. The lowest BCUT2D eigenvalue weighted by Crippen LogP contribution is -2.10. The summed E-state index contributed by atoms with van der Waals surface area (Å²) in [5.74, 6) is -0.255. The van der Waals surface area contributed by atoms with Crippen LogP contribution < -0.4 is 4.74 Å². The van der Waals surface area contributed by atoms with Gasteiger partial charge in [-0.1, -0.05) is 11.6 Å². The Labute approximate surface area is 118 Å². The van der Waals surface area contributed by atoms with Gasteiger partial charge in [0.2, 0.25) is 6.29 Å². The molecule has 2 rings (SSSR count). The van der Waals surface area contributed by atoms with Crippen molar-refractivity contribution >= 4 is 12.0 Å². The minimum absolute atomic E-state index is 0.436. The maximum atomic E-state index is 10.6. The van der Waals surface area contributed by atoms with Crippen molar-refractivity contribution in [2.45, 2.75) is 33.0 Å². The number of aliphatic hydroxyl groups is 1. The Bertz CT molecular complexity index is 580. The molecule has 0 radical (unpaired) electrons. The van der Waals surface area contributed by atoms with Crippen LogP contribution in [0.1, 0.15) is 30.5 Å². The molecule has 0 amide bonds. The molecular weight excluding hydrogens is 256 g/mol. The molecule has 0 saturated carbocycles. The number of rotatable bonds is 4. The zero-order valence-electron chi connectivity index (χ0n) is 11.6. The van der Waals surface area contributed by atoms with Gasteiger partial charge in [0.1, 0.15) is 5.75 Å². The molecule has 106 valence electrons. The van der Waals surface area contributed by atoms with Crippen LogP contribution in [0.5, 0.6) is 5.75 Å². The summed E-state index contributed by atoms with van der Waals surface area (Å²) in [5, 5.41) is 18.3. The zero-order valence-corrected chi connectivity index (χ0v) is 11.6. The average molecular weight is 274 g/mol. The molecule has 1 aliphatic heterocycles. The second-order valence-electron chi connectivity index (χ2n) is 5.10. The van der Waals surface area contributed by atoms with Crippen LogP contribution in [0.4, 0.5) is 0 Å². The lowest BCUT2D eigenvalue weighted by molar-refractivity contribution is -0.131. The van der Waals surface area contributed by atoms with Crippen LogP contribution in [-0.2, 0) is 17.6 Å². The molecule has 0 bridgehead atoms. The minimum atomic E-state index is -0.979. The quantitative estimate of drug-likeness (QED) is 0.654. The molecule has 0 saturated heterocycles. The lowest BCUT2D eigenvalue weighted by atomic mass is 10.00. The molecule has 0 spiro atoms. The number of benzene rings is 1. The maximum absolute atomic E-state index is 10.6. The van der Waals surface area contributed by atoms with Crippen LogP contribution in [0.2, 0.25) is 0 Å². The minimum Gasteiger partial charge on any atom is -0.478 e. The van der Waals surface area contributed by atoms with Gasteiger partial charge in [-0.05, 0) is 49.6 Å². The van der Waals surface area contributed by atoms with Gasteiger partial charge in [-0.3, -0.25) is 0 Å². The Morgan fingerprint density at radius 1 is 1.45 bits per heavy atom. The summed E-state index contributed by atoms with van der Waals surface area (Å²) in [4.78, 5) is 10.6. The first-order chi connectivity index (χ1) is 9.45. The number of aliphatic carboxylic acids is 1. The first-order valence-corrected chi connectivity index (χ1v) is 6.50. The van der Waals surface area contributed by atoms with Crippen LogP contribution in [0.15, 0.2) is 29.9 Å². The van der Waals surface area contributed by atoms with Crippen molar-refractivity contribution in [1.29, 1.82) is 0 Å². The van der Waals surface area contributed by atoms with Crippen LogP contribution in [0.3, 0.4) is 0 Å². The van der Waals surface area contributed by atoms with Crippen molar-refractivity contribution < 1.29 is 19.7 Å². The Morgan fingerprint density at radius 3 is 2.85 bits per heavy atom. The molecule has 0 aliphatic carbocycles. The Hall–Kier alpha value is -2.07. The van der Waals surface area contributed by atoms with E-state index >= 15 is 0 Å². The molecule has 0 aromatic heterocycles. The van der Waals surface area contributed by atoms with E-state index in [1.807, 2.05) is 26.0 Å². The van der Waals surface area contributed by atoms with E-state index in [9.17, 15) is 9.90 Å². The summed E-state index contributed by atoms with van der Waals surface area (Å²) >= 11 is 0. The summed E-state index contributed by atoms with van der Waals surface area (Å²) in [6.07, 6.45) is 5.07. The van der Waals surface area contributed by atoms with Crippen molar-refractivity contribution in [3.63, 3.8) is 0 Å². The summed E-state index contributed by atoms with van der Waals surface area (Å²) in [6.45, 7) is 4.04. The monoisotopic (exact) mass is 274 g/mol. The van der Waals surface area contributed by atoms with Gasteiger partial charge in [-0.15, -0.1) is 0 Å². The number of hydrogen-bond donors (Lipinski definition) is 2. The normalized spacial score (nSPS) is 16.9. The van der Waals surface area contributed by atoms with Gasteiger partial charge in [-0.2, -0.15) is 0 Å². The highest BCUT2D eigenvalue weighted by Crippen LogP contribution is 2.34. The zero-order chi connectivity index (χ0) is 14.7. The number of hydrogen-bond acceptors (Lipinski definition) is 3. The molecule has 1 aliphatic rings. The molecular formula is C16H18O4. The van der Waals surface area contributed by atoms with E-state index in [1.165, 1.54) is 5.57 Å². The first-order valence-electron chi connectivity index (χ1n) is 6.50. The van der Waals surface area contributed by atoms with Gasteiger partial charge >= 0.3 is 5.97 Å². The van der Waals surface area contributed by atoms with Crippen molar-refractivity contribution in [3.05, 3.63) is 46.5 Å². The van der Waals surface area contributed by atoms with Crippen molar-refractivity contribution in [2.24, 2.45) is 0 Å². The molecule has 0 fully saturated rings. The number of carboxylic acids is 1. The summed E-state index contributed by atoms with van der Waals surface area (Å²) in [6, 6.07) is 3.76. The second kappa shape index (κ2) is 5.92. The third-order valence-corrected chi connectivity index (χ3v) is 3.06. The summed E-state index contributed by atoms with van der Waals surface area (Å²) < 4.78 is 5.44. The molecule has 1 aromatic carbocycles. The molecule has 1 heterocycles. The van der Waals surface area contributed by atoms with E-state index in [0.717, 1.165) is 28.5 Å². The Kier molecular flexibility index (Phi) is 4.25. The van der Waals surface area contributed by atoms with E-state index in [-0.39, 0.29) is 0 Å². The Balaban J connectivity index is 2.38. The standard InChI is InChI=1S/C16H18O4/c1-10(2)3-5-12-7-11(4-6-14(17)18)8-13-9-15(19)20-16(12)13/h3-4,6-8,15,19H,5,9H2,1-2H3,(H,17,18)/b6-4+. The third kappa shape index (κ3) is 3.48. The fraction of sp³-hybridized carbons (Fsp3) is 0.312. The highest BCUT2D eigenvalue weighted by atomic mass is 16.6. The van der Waals surface area contributed by atoms with E-state index in [2.05, 4.69) is 6.08 Å². The molecule has 1 atom stereocenters. The molecule has 4 heteroatoms. The number of carboxylic acid groups (broad SMARTS) is 1. The predicted molar refractivity (Wildman–Crippen MR) is 76.6 cm³/mol. The van der Waals surface area contributed by atoms with Gasteiger partial charge in [0, 0.05) is 18.1 Å². The average Bonchev–Trinajstić information content (AvgIpc) is 2.73. The van der Waals surface area contributed by atoms with E-state index in [0.29, 0.717) is 12.8 Å². The fourth-order valence-corrected chi connectivity index (χ4v) is 2.18. The topological polar surface area (TPSA) is 66.8 Å². The highest BCUT2D eigenvalue weighted by molar-refractivity contribution is 5.85. The molecule has 1 aromatic rings. The second-order valence-corrected chi connectivity index (χ2v) is 5.10.